The number of benzene rings is 1. The number of carbonyl (C=O) groups excluding carboxylic acids is 2. The summed E-state index contributed by atoms with van der Waals surface area (Å²) in [5.41, 5.74) is 1.74. The lowest BCUT2D eigenvalue weighted by Gasteiger charge is -2.09. The summed E-state index contributed by atoms with van der Waals surface area (Å²) < 4.78 is 20.5. The molecule has 0 fully saturated rings. The fraction of sp³-hybridized carbons (Fsp3) is 0.375. The van der Waals surface area contributed by atoms with Crippen LogP contribution in [-0.2, 0) is 19.1 Å². The Labute approximate surface area is 128 Å². The van der Waals surface area contributed by atoms with Crippen LogP contribution < -0.4 is 9.47 Å². The van der Waals surface area contributed by atoms with Crippen molar-refractivity contribution in [3.63, 3.8) is 0 Å². The van der Waals surface area contributed by atoms with Crippen molar-refractivity contribution in [2.75, 3.05) is 20.0 Å². The van der Waals surface area contributed by atoms with Gasteiger partial charge in [0.25, 0.3) is 0 Å². The van der Waals surface area contributed by atoms with Crippen LogP contribution in [0.25, 0.3) is 6.08 Å². The zero-order chi connectivity index (χ0) is 15.9. The molecule has 1 aromatic rings. The molecule has 0 bridgehead atoms. The lowest BCUT2D eigenvalue weighted by Crippen LogP contribution is -2.07. The second-order valence-corrected chi connectivity index (χ2v) is 4.79. The third-order valence-electron chi connectivity index (χ3n) is 2.96. The summed E-state index contributed by atoms with van der Waals surface area (Å²) in [5.74, 6) is 0.693. The van der Waals surface area contributed by atoms with Gasteiger partial charge >= 0.3 is 11.9 Å². The second-order valence-electron chi connectivity index (χ2n) is 4.79. The van der Waals surface area contributed by atoms with Gasteiger partial charge in [0, 0.05) is 20.3 Å². The first-order valence-electron chi connectivity index (χ1n) is 6.90. The molecule has 0 spiro atoms. The van der Waals surface area contributed by atoms with Gasteiger partial charge in [-0.15, -0.1) is 0 Å². The standard InChI is InChI=1S/C16H18O6/c1-11(17)19-6-5-14(9-20-12(2)18)7-13-3-4-15-16(8-13)22-10-21-15/h3-4,7-8H,5-6,9-10H2,1-2H3/b14-7+. The van der Waals surface area contributed by atoms with E-state index in [-0.39, 0.29) is 31.9 Å². The molecule has 0 aliphatic carbocycles. The van der Waals surface area contributed by atoms with Crippen LogP contribution in [0.1, 0.15) is 25.8 Å². The van der Waals surface area contributed by atoms with E-state index in [2.05, 4.69) is 0 Å². The highest BCUT2D eigenvalue weighted by molar-refractivity contribution is 5.67. The summed E-state index contributed by atoms with van der Waals surface area (Å²) in [6, 6.07) is 5.55. The molecule has 0 N–H and O–H groups in total. The summed E-state index contributed by atoms with van der Waals surface area (Å²) in [5, 5.41) is 0. The van der Waals surface area contributed by atoms with Crippen molar-refractivity contribution in [1.82, 2.24) is 0 Å². The Morgan fingerprint density at radius 3 is 2.59 bits per heavy atom. The second kappa shape index (κ2) is 7.49. The average Bonchev–Trinajstić information content (AvgIpc) is 2.91. The van der Waals surface area contributed by atoms with Crippen LogP contribution in [0.4, 0.5) is 0 Å². The van der Waals surface area contributed by atoms with Crippen molar-refractivity contribution in [3.8, 4) is 11.5 Å². The predicted molar refractivity (Wildman–Crippen MR) is 78.4 cm³/mol. The van der Waals surface area contributed by atoms with E-state index in [9.17, 15) is 9.59 Å². The minimum Gasteiger partial charge on any atom is -0.466 e. The van der Waals surface area contributed by atoms with Gasteiger partial charge in [0.1, 0.15) is 6.61 Å². The number of hydrogen-bond donors (Lipinski definition) is 0. The molecule has 1 aromatic carbocycles. The van der Waals surface area contributed by atoms with Crippen LogP contribution in [0.2, 0.25) is 0 Å². The van der Waals surface area contributed by atoms with E-state index >= 15 is 0 Å². The lowest BCUT2D eigenvalue weighted by atomic mass is 10.1. The van der Waals surface area contributed by atoms with Gasteiger partial charge in [-0.2, -0.15) is 0 Å². The smallest absolute Gasteiger partial charge is 0.302 e. The molecule has 1 aliphatic rings. The van der Waals surface area contributed by atoms with E-state index < -0.39 is 0 Å². The molecule has 1 aliphatic heterocycles. The highest BCUT2D eigenvalue weighted by atomic mass is 16.7. The van der Waals surface area contributed by atoms with Gasteiger partial charge in [-0.1, -0.05) is 12.1 Å². The van der Waals surface area contributed by atoms with Crippen LogP contribution in [0, 0.1) is 0 Å². The minimum absolute atomic E-state index is 0.158. The molecule has 6 nitrogen and oxygen atoms in total. The SMILES string of the molecule is CC(=O)OCC/C(=C\c1ccc2c(c1)OCO2)COC(C)=O. The summed E-state index contributed by atoms with van der Waals surface area (Å²) in [6.45, 7) is 3.32. The summed E-state index contributed by atoms with van der Waals surface area (Å²) in [4.78, 5) is 21.8. The quantitative estimate of drug-likeness (QED) is 0.751. The molecule has 2 rings (SSSR count). The van der Waals surface area contributed by atoms with Crippen molar-refractivity contribution in [2.45, 2.75) is 20.3 Å². The number of esters is 2. The monoisotopic (exact) mass is 306 g/mol. The third kappa shape index (κ3) is 4.80. The molecular formula is C16H18O6. The Bertz CT molecular complexity index is 590. The van der Waals surface area contributed by atoms with E-state index in [0.717, 1.165) is 11.1 Å². The highest BCUT2D eigenvalue weighted by Crippen LogP contribution is 2.33. The molecule has 0 amide bonds. The number of fused-ring (bicyclic) bond motifs is 1. The summed E-state index contributed by atoms with van der Waals surface area (Å²) >= 11 is 0. The van der Waals surface area contributed by atoms with E-state index in [0.29, 0.717) is 17.9 Å². The van der Waals surface area contributed by atoms with Crippen LogP contribution in [-0.4, -0.2) is 31.9 Å². The highest BCUT2D eigenvalue weighted by Gasteiger charge is 2.13. The molecule has 0 aromatic heterocycles. The Balaban J connectivity index is 2.07. The Hall–Kier alpha value is -2.50. The largest absolute Gasteiger partial charge is 0.466 e. The van der Waals surface area contributed by atoms with Crippen LogP contribution >= 0.6 is 0 Å². The lowest BCUT2D eigenvalue weighted by molar-refractivity contribution is -0.142. The fourth-order valence-electron chi connectivity index (χ4n) is 1.94. The molecule has 0 radical (unpaired) electrons. The van der Waals surface area contributed by atoms with Gasteiger partial charge in [-0.05, 0) is 23.3 Å². The predicted octanol–water partition coefficient (Wildman–Crippen LogP) is 2.32. The Morgan fingerprint density at radius 1 is 1.14 bits per heavy atom. The van der Waals surface area contributed by atoms with E-state index in [1.54, 1.807) is 0 Å². The normalized spacial score (nSPS) is 12.9. The van der Waals surface area contributed by atoms with Crippen molar-refractivity contribution >= 4 is 18.0 Å². The van der Waals surface area contributed by atoms with Crippen molar-refractivity contribution in [2.24, 2.45) is 0 Å². The minimum atomic E-state index is -0.357. The number of rotatable bonds is 6. The van der Waals surface area contributed by atoms with Gasteiger partial charge in [0.2, 0.25) is 6.79 Å². The zero-order valence-electron chi connectivity index (χ0n) is 12.6. The van der Waals surface area contributed by atoms with Gasteiger partial charge in [0.15, 0.2) is 11.5 Å². The van der Waals surface area contributed by atoms with Crippen molar-refractivity contribution < 1.29 is 28.5 Å². The summed E-state index contributed by atoms with van der Waals surface area (Å²) in [6.07, 6.45) is 2.37. The molecule has 0 saturated carbocycles. The summed E-state index contributed by atoms with van der Waals surface area (Å²) in [7, 11) is 0. The Morgan fingerprint density at radius 2 is 1.86 bits per heavy atom. The van der Waals surface area contributed by atoms with Gasteiger partial charge in [0.05, 0.1) is 6.61 Å². The maximum Gasteiger partial charge on any atom is 0.302 e. The van der Waals surface area contributed by atoms with E-state index in [1.165, 1.54) is 13.8 Å². The van der Waals surface area contributed by atoms with Crippen molar-refractivity contribution in [3.05, 3.63) is 29.3 Å². The molecule has 22 heavy (non-hydrogen) atoms. The molecule has 0 saturated heterocycles. The third-order valence-corrected chi connectivity index (χ3v) is 2.96. The number of carbonyl (C=O) groups is 2. The first-order chi connectivity index (χ1) is 10.5. The molecule has 1 heterocycles. The zero-order valence-corrected chi connectivity index (χ0v) is 12.6. The van der Waals surface area contributed by atoms with E-state index in [1.807, 2.05) is 24.3 Å². The first-order valence-corrected chi connectivity index (χ1v) is 6.90. The van der Waals surface area contributed by atoms with Gasteiger partial charge in [-0.25, -0.2) is 0 Å². The van der Waals surface area contributed by atoms with Crippen molar-refractivity contribution in [1.29, 1.82) is 0 Å². The molecule has 6 heteroatoms. The fourth-order valence-corrected chi connectivity index (χ4v) is 1.94. The topological polar surface area (TPSA) is 71.1 Å². The molecule has 0 unspecified atom stereocenters. The Kier molecular flexibility index (Phi) is 5.41. The van der Waals surface area contributed by atoms with Gasteiger partial charge in [-0.3, -0.25) is 9.59 Å². The maximum absolute atomic E-state index is 11.0. The van der Waals surface area contributed by atoms with Crippen LogP contribution in [0.5, 0.6) is 11.5 Å². The van der Waals surface area contributed by atoms with Gasteiger partial charge < -0.3 is 18.9 Å². The molecule has 118 valence electrons. The van der Waals surface area contributed by atoms with Crippen LogP contribution in [0.15, 0.2) is 23.8 Å². The van der Waals surface area contributed by atoms with E-state index in [4.69, 9.17) is 18.9 Å². The maximum atomic E-state index is 11.0. The first kappa shape index (κ1) is 15.9. The number of ether oxygens (including phenoxy) is 4. The molecule has 0 atom stereocenters. The van der Waals surface area contributed by atoms with Crippen LogP contribution in [0.3, 0.4) is 0 Å². The number of hydrogen-bond acceptors (Lipinski definition) is 6. The molecular weight excluding hydrogens is 288 g/mol. The average molecular weight is 306 g/mol.